The van der Waals surface area contributed by atoms with Gasteiger partial charge in [-0.2, -0.15) is 0 Å². The van der Waals surface area contributed by atoms with Crippen LogP contribution in [0.1, 0.15) is 33.3 Å². The lowest BCUT2D eigenvalue weighted by molar-refractivity contribution is 0.0663. The Labute approximate surface area is 184 Å². The Balaban J connectivity index is 1.92. The van der Waals surface area contributed by atoms with Gasteiger partial charge in [-0.05, 0) is 42.3 Å². The van der Waals surface area contributed by atoms with Crippen molar-refractivity contribution in [3.05, 3.63) is 86.7 Å². The fourth-order valence-corrected chi connectivity index (χ4v) is 4.00. The molecule has 0 fully saturated rings. The van der Waals surface area contributed by atoms with Gasteiger partial charge in [0.1, 0.15) is 17.9 Å². The summed E-state index contributed by atoms with van der Waals surface area (Å²) in [6, 6.07) is 9.99. The quantitative estimate of drug-likeness (QED) is 0.506. The normalized spacial score (nSPS) is 15.4. The maximum atomic E-state index is 13.5. The highest BCUT2D eigenvalue weighted by Crippen LogP contribution is 2.39. The van der Waals surface area contributed by atoms with Gasteiger partial charge in [0.2, 0.25) is 5.76 Å². The van der Waals surface area contributed by atoms with E-state index in [9.17, 15) is 9.59 Å². The van der Waals surface area contributed by atoms with Crippen LogP contribution in [0.2, 0.25) is 5.02 Å². The number of fused-ring (bicyclic) bond motifs is 2. The van der Waals surface area contributed by atoms with Gasteiger partial charge < -0.3 is 18.8 Å². The molecule has 7 heteroatoms. The molecular formula is C24H22ClNO5. The van der Waals surface area contributed by atoms with Crippen molar-refractivity contribution in [1.82, 2.24) is 4.90 Å². The summed E-state index contributed by atoms with van der Waals surface area (Å²) < 4.78 is 16.8. The zero-order valence-electron chi connectivity index (χ0n) is 17.3. The number of amides is 1. The number of rotatable bonds is 7. The third-order valence-corrected chi connectivity index (χ3v) is 5.73. The molecule has 1 amide bonds. The molecule has 2 heterocycles. The molecule has 1 aromatic heterocycles. The van der Waals surface area contributed by atoms with Gasteiger partial charge in [-0.1, -0.05) is 36.4 Å². The Morgan fingerprint density at radius 1 is 1.26 bits per heavy atom. The summed E-state index contributed by atoms with van der Waals surface area (Å²) in [6.07, 6.45) is 1.65. The number of benzene rings is 2. The van der Waals surface area contributed by atoms with E-state index in [2.05, 4.69) is 6.58 Å². The van der Waals surface area contributed by atoms with E-state index in [1.54, 1.807) is 30.2 Å². The van der Waals surface area contributed by atoms with Crippen LogP contribution in [-0.2, 0) is 4.74 Å². The molecule has 31 heavy (non-hydrogen) atoms. The van der Waals surface area contributed by atoms with E-state index in [4.69, 9.17) is 25.5 Å². The molecule has 0 spiro atoms. The second kappa shape index (κ2) is 8.57. The number of hydrogen-bond acceptors (Lipinski definition) is 5. The highest BCUT2D eigenvalue weighted by molar-refractivity contribution is 6.32. The maximum absolute atomic E-state index is 13.5. The van der Waals surface area contributed by atoms with Crippen molar-refractivity contribution in [1.29, 1.82) is 0 Å². The van der Waals surface area contributed by atoms with E-state index in [1.165, 1.54) is 0 Å². The highest BCUT2D eigenvalue weighted by atomic mass is 35.5. The van der Waals surface area contributed by atoms with Crippen molar-refractivity contribution in [2.45, 2.75) is 13.0 Å². The Morgan fingerprint density at radius 2 is 2.06 bits per heavy atom. The highest BCUT2D eigenvalue weighted by Gasteiger charge is 2.42. The van der Waals surface area contributed by atoms with Crippen LogP contribution < -0.4 is 10.2 Å². The molecule has 6 nitrogen and oxygen atoms in total. The number of carbonyl (C=O) groups excluding carboxylic acids is 1. The van der Waals surface area contributed by atoms with Crippen LogP contribution in [-0.4, -0.2) is 37.7 Å². The average molecular weight is 440 g/mol. The lowest BCUT2D eigenvalue weighted by atomic mass is 9.98. The Hall–Kier alpha value is -3.09. The van der Waals surface area contributed by atoms with Gasteiger partial charge in [0.15, 0.2) is 5.43 Å². The largest absolute Gasteiger partial charge is 0.490 e. The van der Waals surface area contributed by atoms with Gasteiger partial charge in [0.25, 0.3) is 5.91 Å². The predicted octanol–water partition coefficient (Wildman–Crippen LogP) is 4.51. The summed E-state index contributed by atoms with van der Waals surface area (Å²) in [7, 11) is 1.56. The van der Waals surface area contributed by atoms with Crippen LogP contribution in [0.5, 0.6) is 5.75 Å². The first-order valence-electron chi connectivity index (χ1n) is 9.86. The summed E-state index contributed by atoms with van der Waals surface area (Å²) in [5, 5.41) is 0.816. The minimum absolute atomic E-state index is 0.0535. The second-order valence-electron chi connectivity index (χ2n) is 7.34. The number of carbonyl (C=O) groups is 1. The fraction of sp³-hybridized carbons (Fsp3) is 0.250. The second-order valence-corrected chi connectivity index (χ2v) is 7.74. The number of aryl methyl sites for hydroxylation is 1. The van der Waals surface area contributed by atoms with E-state index < -0.39 is 6.04 Å². The topological polar surface area (TPSA) is 69.0 Å². The number of hydrogen-bond donors (Lipinski definition) is 0. The van der Waals surface area contributed by atoms with E-state index >= 15 is 0 Å². The fourth-order valence-electron chi connectivity index (χ4n) is 3.84. The Morgan fingerprint density at radius 3 is 2.81 bits per heavy atom. The van der Waals surface area contributed by atoms with Crippen molar-refractivity contribution in [3.63, 3.8) is 0 Å². The molecule has 160 valence electrons. The van der Waals surface area contributed by atoms with Crippen molar-refractivity contribution in [2.24, 2.45) is 0 Å². The Bertz CT molecular complexity index is 1230. The SMILES string of the molecule is C=CCOc1cccc(C2c3c(oc4cc(C)c(Cl)cc4c3=O)C(=O)N2CCOC)c1. The van der Waals surface area contributed by atoms with Gasteiger partial charge in [-0.15, -0.1) is 0 Å². The zero-order chi connectivity index (χ0) is 22.1. The van der Waals surface area contributed by atoms with E-state index in [1.807, 2.05) is 31.2 Å². The van der Waals surface area contributed by atoms with E-state index in [-0.39, 0.29) is 17.1 Å². The molecule has 0 saturated carbocycles. The van der Waals surface area contributed by atoms with Crippen LogP contribution in [0.25, 0.3) is 11.0 Å². The number of methoxy groups -OCH3 is 1. The van der Waals surface area contributed by atoms with E-state index in [0.717, 1.165) is 11.1 Å². The molecule has 0 saturated heterocycles. The summed E-state index contributed by atoms with van der Waals surface area (Å²) in [4.78, 5) is 28.4. The first kappa shape index (κ1) is 21.2. The van der Waals surface area contributed by atoms with Crippen molar-refractivity contribution in [2.75, 3.05) is 26.9 Å². The van der Waals surface area contributed by atoms with Crippen LogP contribution >= 0.6 is 11.6 Å². The first-order chi connectivity index (χ1) is 15.0. The van der Waals surface area contributed by atoms with Gasteiger partial charge in [-0.3, -0.25) is 9.59 Å². The minimum atomic E-state index is -0.620. The third kappa shape index (κ3) is 3.73. The molecule has 0 aliphatic carbocycles. The number of halogens is 1. The van der Waals surface area contributed by atoms with Crippen LogP contribution in [0, 0.1) is 6.92 Å². The molecule has 1 aliphatic rings. The van der Waals surface area contributed by atoms with Crippen LogP contribution in [0.3, 0.4) is 0 Å². The molecule has 0 bridgehead atoms. The molecule has 4 rings (SSSR count). The van der Waals surface area contributed by atoms with Gasteiger partial charge in [0.05, 0.1) is 23.6 Å². The summed E-state index contributed by atoms with van der Waals surface area (Å²) >= 11 is 6.26. The number of nitrogens with zero attached hydrogens (tertiary/aromatic N) is 1. The van der Waals surface area contributed by atoms with Crippen molar-refractivity contribution >= 4 is 28.5 Å². The van der Waals surface area contributed by atoms with E-state index in [0.29, 0.717) is 47.1 Å². The molecule has 1 unspecified atom stereocenters. The average Bonchev–Trinajstić information content (AvgIpc) is 3.04. The smallest absolute Gasteiger partial charge is 0.290 e. The molecule has 0 radical (unpaired) electrons. The third-order valence-electron chi connectivity index (χ3n) is 5.32. The Kier molecular flexibility index (Phi) is 5.85. The molecule has 1 atom stereocenters. The zero-order valence-corrected chi connectivity index (χ0v) is 18.1. The summed E-state index contributed by atoms with van der Waals surface area (Å²) in [6.45, 7) is 6.45. The molecule has 1 aliphatic heterocycles. The van der Waals surface area contributed by atoms with Gasteiger partial charge in [0, 0.05) is 18.7 Å². The van der Waals surface area contributed by atoms with Gasteiger partial charge in [-0.25, -0.2) is 0 Å². The molecular weight excluding hydrogens is 418 g/mol. The van der Waals surface area contributed by atoms with Crippen molar-refractivity contribution < 1.29 is 18.7 Å². The predicted molar refractivity (Wildman–Crippen MR) is 119 cm³/mol. The minimum Gasteiger partial charge on any atom is -0.490 e. The lowest BCUT2D eigenvalue weighted by Crippen LogP contribution is -2.32. The standard InChI is InChI=1S/C24H22ClNO5/c1-4-9-30-16-7-5-6-15(12-16)21-20-22(27)17-13-18(25)14(2)11-19(17)31-23(20)24(28)26(21)8-10-29-3/h4-7,11-13,21H,1,8-10H2,2-3H3. The maximum Gasteiger partial charge on any atom is 0.290 e. The first-order valence-corrected chi connectivity index (χ1v) is 10.2. The molecule has 0 N–H and O–H groups in total. The van der Waals surface area contributed by atoms with Crippen LogP contribution in [0.15, 0.2) is 58.3 Å². The summed E-state index contributed by atoms with van der Waals surface area (Å²) in [5.41, 5.74) is 1.88. The molecule has 3 aromatic rings. The lowest BCUT2D eigenvalue weighted by Gasteiger charge is -2.25. The van der Waals surface area contributed by atoms with Crippen molar-refractivity contribution in [3.8, 4) is 5.75 Å². The monoisotopic (exact) mass is 439 g/mol. The molecule has 2 aromatic carbocycles. The van der Waals surface area contributed by atoms with Gasteiger partial charge >= 0.3 is 0 Å². The summed E-state index contributed by atoms with van der Waals surface area (Å²) in [5.74, 6) is 0.327. The number of ether oxygens (including phenoxy) is 2. The van der Waals surface area contributed by atoms with Crippen LogP contribution in [0.4, 0.5) is 0 Å².